The van der Waals surface area contributed by atoms with Gasteiger partial charge in [-0.2, -0.15) is 0 Å². The molecular weight excluding hydrogens is 467 g/mol. The van der Waals surface area contributed by atoms with Gasteiger partial charge in [-0.3, -0.25) is 4.99 Å². The fraction of sp³-hybridized carbons (Fsp3) is 0.316. The molecule has 5 nitrogen and oxygen atoms in total. The number of aliphatic imine (C=N–C) groups is 1. The maximum Gasteiger partial charge on any atom is 0.193 e. The molecule has 2 aromatic carbocycles. The van der Waals surface area contributed by atoms with Gasteiger partial charge in [-0.05, 0) is 36.6 Å². The standard InChI is InChI=1S/C19H21F2N3O2.HI/c1-25-16-6-4-13(10-17(16)26-2)24-18(22)23-11-19(7-8-19)14-5-3-12(20)9-15(14)21;/h3-6,9-10H,7-8,11H2,1-2H3,(H3,22,23,24);1H. The number of rotatable bonds is 6. The van der Waals surface area contributed by atoms with E-state index in [1.807, 2.05) is 0 Å². The van der Waals surface area contributed by atoms with Crippen molar-refractivity contribution in [2.75, 3.05) is 26.1 Å². The van der Waals surface area contributed by atoms with Crippen molar-refractivity contribution in [2.45, 2.75) is 18.3 Å². The molecule has 0 aliphatic heterocycles. The number of hydrogen-bond donors (Lipinski definition) is 2. The third-order valence-electron chi connectivity index (χ3n) is 4.56. The van der Waals surface area contributed by atoms with Gasteiger partial charge in [0.2, 0.25) is 0 Å². The predicted molar refractivity (Wildman–Crippen MR) is 112 cm³/mol. The molecule has 27 heavy (non-hydrogen) atoms. The first-order valence-electron chi connectivity index (χ1n) is 8.22. The van der Waals surface area contributed by atoms with Crippen molar-refractivity contribution >= 4 is 35.6 Å². The lowest BCUT2D eigenvalue weighted by Gasteiger charge is -2.15. The van der Waals surface area contributed by atoms with Crippen LogP contribution >= 0.6 is 24.0 Å². The maximum absolute atomic E-state index is 14.1. The second kappa shape index (κ2) is 8.73. The summed E-state index contributed by atoms with van der Waals surface area (Å²) in [4.78, 5) is 4.34. The highest BCUT2D eigenvalue weighted by Gasteiger charge is 2.46. The molecule has 0 radical (unpaired) electrons. The summed E-state index contributed by atoms with van der Waals surface area (Å²) in [7, 11) is 3.11. The highest BCUT2D eigenvalue weighted by Crippen LogP contribution is 2.49. The first kappa shape index (κ1) is 21.2. The first-order chi connectivity index (χ1) is 12.5. The highest BCUT2D eigenvalue weighted by molar-refractivity contribution is 14.0. The molecule has 1 fully saturated rings. The van der Waals surface area contributed by atoms with Crippen LogP contribution in [0.2, 0.25) is 0 Å². The Morgan fingerprint density at radius 1 is 1.11 bits per heavy atom. The van der Waals surface area contributed by atoms with E-state index in [1.54, 1.807) is 32.4 Å². The van der Waals surface area contributed by atoms with E-state index in [0.29, 0.717) is 29.3 Å². The number of nitrogens with zero attached hydrogens (tertiary/aromatic N) is 1. The molecule has 0 aromatic heterocycles. The highest BCUT2D eigenvalue weighted by atomic mass is 127. The van der Waals surface area contributed by atoms with Crippen LogP contribution in [0, 0.1) is 11.6 Å². The Morgan fingerprint density at radius 3 is 2.41 bits per heavy atom. The number of anilines is 1. The molecule has 1 saturated carbocycles. The lowest BCUT2D eigenvalue weighted by molar-refractivity contribution is 0.355. The van der Waals surface area contributed by atoms with E-state index in [2.05, 4.69) is 10.3 Å². The Morgan fingerprint density at radius 2 is 1.81 bits per heavy atom. The van der Waals surface area contributed by atoms with Crippen LogP contribution in [-0.4, -0.2) is 26.7 Å². The van der Waals surface area contributed by atoms with Crippen LogP contribution in [0.15, 0.2) is 41.4 Å². The summed E-state index contributed by atoms with van der Waals surface area (Å²) >= 11 is 0. The van der Waals surface area contributed by atoms with E-state index in [4.69, 9.17) is 15.2 Å². The summed E-state index contributed by atoms with van der Waals surface area (Å²) in [6.45, 7) is 0.335. The number of benzene rings is 2. The number of ether oxygens (including phenoxy) is 2. The minimum atomic E-state index is -0.583. The van der Waals surface area contributed by atoms with Crippen molar-refractivity contribution in [3.8, 4) is 11.5 Å². The van der Waals surface area contributed by atoms with E-state index in [9.17, 15) is 8.78 Å². The zero-order valence-corrected chi connectivity index (χ0v) is 17.4. The number of nitrogens with two attached hydrogens (primary N) is 1. The van der Waals surface area contributed by atoms with Gasteiger partial charge in [0.1, 0.15) is 11.6 Å². The molecular formula is C19H22F2IN3O2. The van der Waals surface area contributed by atoms with Gasteiger partial charge in [-0.15, -0.1) is 24.0 Å². The van der Waals surface area contributed by atoms with Gasteiger partial charge in [0.05, 0.1) is 20.8 Å². The third-order valence-corrected chi connectivity index (χ3v) is 4.56. The van der Waals surface area contributed by atoms with E-state index in [1.165, 1.54) is 12.1 Å². The Bertz CT molecular complexity index is 842. The summed E-state index contributed by atoms with van der Waals surface area (Å²) in [5.74, 6) is 0.268. The molecule has 1 aliphatic rings. The van der Waals surface area contributed by atoms with Gasteiger partial charge in [0.15, 0.2) is 17.5 Å². The SMILES string of the molecule is COc1ccc(NC(N)=NCC2(c3ccc(F)cc3F)CC2)cc1OC.I. The third kappa shape index (κ3) is 4.79. The summed E-state index contributed by atoms with van der Waals surface area (Å²) in [6, 6.07) is 8.96. The van der Waals surface area contributed by atoms with Crippen molar-refractivity contribution in [1.82, 2.24) is 0 Å². The second-order valence-corrected chi connectivity index (χ2v) is 6.30. The zero-order chi connectivity index (χ0) is 18.7. The molecule has 0 saturated heterocycles. The van der Waals surface area contributed by atoms with E-state index >= 15 is 0 Å². The smallest absolute Gasteiger partial charge is 0.193 e. The van der Waals surface area contributed by atoms with Crippen molar-refractivity contribution in [2.24, 2.45) is 10.7 Å². The molecule has 2 aromatic rings. The van der Waals surface area contributed by atoms with Gasteiger partial charge in [-0.25, -0.2) is 8.78 Å². The van der Waals surface area contributed by atoms with E-state index in [-0.39, 0.29) is 29.9 Å². The van der Waals surface area contributed by atoms with Crippen LogP contribution < -0.4 is 20.5 Å². The van der Waals surface area contributed by atoms with Crippen molar-refractivity contribution < 1.29 is 18.3 Å². The molecule has 3 rings (SSSR count). The number of hydrogen-bond acceptors (Lipinski definition) is 3. The lowest BCUT2D eigenvalue weighted by atomic mass is 9.95. The summed E-state index contributed by atoms with van der Waals surface area (Å²) < 4.78 is 37.6. The van der Waals surface area contributed by atoms with Gasteiger partial charge >= 0.3 is 0 Å². The van der Waals surface area contributed by atoms with Crippen LogP contribution in [0.5, 0.6) is 11.5 Å². The zero-order valence-electron chi connectivity index (χ0n) is 15.1. The summed E-state index contributed by atoms with van der Waals surface area (Å²) in [5, 5.41) is 2.98. The van der Waals surface area contributed by atoms with Crippen LogP contribution in [-0.2, 0) is 5.41 Å². The summed E-state index contributed by atoms with van der Waals surface area (Å²) in [5.41, 5.74) is 6.74. The molecule has 0 bridgehead atoms. The van der Waals surface area contributed by atoms with Crippen LogP contribution in [0.1, 0.15) is 18.4 Å². The van der Waals surface area contributed by atoms with Crippen LogP contribution in [0.4, 0.5) is 14.5 Å². The Hall–Kier alpha value is -2.10. The van der Waals surface area contributed by atoms with Crippen molar-refractivity contribution in [3.63, 3.8) is 0 Å². The quantitative estimate of drug-likeness (QED) is 0.365. The Balaban J connectivity index is 0.00000261. The molecule has 0 amide bonds. The molecule has 0 unspecified atom stereocenters. The Labute approximate surface area is 174 Å². The number of nitrogens with one attached hydrogen (secondary N) is 1. The molecule has 146 valence electrons. The second-order valence-electron chi connectivity index (χ2n) is 6.30. The maximum atomic E-state index is 14.1. The van der Waals surface area contributed by atoms with Crippen LogP contribution in [0.3, 0.4) is 0 Å². The average Bonchev–Trinajstić information content (AvgIpc) is 3.40. The molecule has 8 heteroatoms. The number of guanidine groups is 1. The minimum absolute atomic E-state index is 0. The van der Waals surface area contributed by atoms with Gasteiger partial charge in [0.25, 0.3) is 0 Å². The monoisotopic (exact) mass is 489 g/mol. The predicted octanol–water partition coefficient (Wildman–Crippen LogP) is 4.06. The van der Waals surface area contributed by atoms with Gasteiger partial charge < -0.3 is 20.5 Å². The molecule has 0 heterocycles. The van der Waals surface area contributed by atoms with Gasteiger partial charge in [0, 0.05) is 23.2 Å². The lowest BCUT2D eigenvalue weighted by Crippen LogP contribution is -2.25. The molecule has 1 aliphatic carbocycles. The van der Waals surface area contributed by atoms with E-state index < -0.39 is 17.0 Å². The molecule has 0 spiro atoms. The average molecular weight is 489 g/mol. The largest absolute Gasteiger partial charge is 0.493 e. The number of halogens is 3. The molecule has 0 atom stereocenters. The summed E-state index contributed by atoms with van der Waals surface area (Å²) in [6.07, 6.45) is 1.59. The van der Waals surface area contributed by atoms with Crippen molar-refractivity contribution in [3.05, 3.63) is 53.6 Å². The topological polar surface area (TPSA) is 68.9 Å². The molecule has 3 N–H and O–H groups in total. The Kier molecular flexibility index (Phi) is 6.85. The fourth-order valence-corrected chi connectivity index (χ4v) is 2.92. The fourth-order valence-electron chi connectivity index (χ4n) is 2.92. The van der Waals surface area contributed by atoms with E-state index in [0.717, 1.165) is 18.9 Å². The normalized spacial score (nSPS) is 14.9. The number of methoxy groups -OCH3 is 2. The van der Waals surface area contributed by atoms with Crippen LogP contribution in [0.25, 0.3) is 0 Å². The van der Waals surface area contributed by atoms with Gasteiger partial charge in [-0.1, -0.05) is 6.07 Å². The van der Waals surface area contributed by atoms with Crippen molar-refractivity contribution in [1.29, 1.82) is 0 Å². The minimum Gasteiger partial charge on any atom is -0.493 e. The first-order valence-corrected chi connectivity index (χ1v) is 8.22.